The van der Waals surface area contributed by atoms with Crippen molar-refractivity contribution in [3.8, 4) is 0 Å². The van der Waals surface area contributed by atoms with Crippen LogP contribution in [-0.4, -0.2) is 37.2 Å². The van der Waals surface area contributed by atoms with Gasteiger partial charge in [0.25, 0.3) is 0 Å². The van der Waals surface area contributed by atoms with Crippen LogP contribution in [0.3, 0.4) is 0 Å². The van der Waals surface area contributed by atoms with Crippen molar-refractivity contribution < 1.29 is 28.6 Å². The van der Waals surface area contributed by atoms with Crippen molar-refractivity contribution in [2.75, 3.05) is 13.2 Å². The topological polar surface area (TPSA) is 78.9 Å². The summed E-state index contributed by atoms with van der Waals surface area (Å²) in [5.74, 6) is -0.974. The number of rotatable bonds is 54. The number of carbonyl (C=O) groups excluding carboxylic acids is 3. The van der Waals surface area contributed by atoms with E-state index in [1.807, 2.05) is 0 Å². The van der Waals surface area contributed by atoms with Crippen LogP contribution in [-0.2, 0) is 28.6 Å². The Balaban J connectivity index is 4.47. The van der Waals surface area contributed by atoms with Gasteiger partial charge in [0.15, 0.2) is 6.10 Å². The van der Waals surface area contributed by atoms with E-state index in [-0.39, 0.29) is 31.1 Å². The van der Waals surface area contributed by atoms with Crippen LogP contribution >= 0.6 is 0 Å². The lowest BCUT2D eigenvalue weighted by Crippen LogP contribution is -2.30. The van der Waals surface area contributed by atoms with Gasteiger partial charge in [0.2, 0.25) is 0 Å². The van der Waals surface area contributed by atoms with Crippen LogP contribution in [0.4, 0.5) is 0 Å². The van der Waals surface area contributed by atoms with Crippen molar-refractivity contribution in [2.45, 2.75) is 264 Å². The van der Waals surface area contributed by atoms with E-state index in [1.54, 1.807) is 0 Å². The molecule has 428 valence electrons. The van der Waals surface area contributed by atoms with Gasteiger partial charge in [0, 0.05) is 19.3 Å². The quantitative estimate of drug-likeness (QED) is 0.0261. The van der Waals surface area contributed by atoms with E-state index >= 15 is 0 Å². The van der Waals surface area contributed by atoms with E-state index in [2.05, 4.69) is 167 Å². The van der Waals surface area contributed by atoms with Crippen molar-refractivity contribution in [1.82, 2.24) is 0 Å². The summed E-state index contributed by atoms with van der Waals surface area (Å²) in [6.07, 6.45) is 89.8. The van der Waals surface area contributed by atoms with Crippen molar-refractivity contribution in [3.63, 3.8) is 0 Å². The van der Waals surface area contributed by atoms with Crippen molar-refractivity contribution in [1.29, 1.82) is 0 Å². The van der Waals surface area contributed by atoms with E-state index in [0.29, 0.717) is 25.7 Å². The molecular weight excluding hydrogens is 937 g/mol. The molecule has 0 spiro atoms. The van der Waals surface area contributed by atoms with Gasteiger partial charge in [-0.2, -0.15) is 0 Å². The normalized spacial score (nSPS) is 13.1. The molecule has 0 aromatic heterocycles. The Morgan fingerprint density at radius 2 is 0.513 bits per heavy atom. The largest absolute Gasteiger partial charge is 0.462 e. The molecule has 0 amide bonds. The zero-order chi connectivity index (χ0) is 55.0. The zero-order valence-corrected chi connectivity index (χ0v) is 49.0. The maximum Gasteiger partial charge on any atom is 0.306 e. The Bertz CT molecular complexity index is 1680. The van der Waals surface area contributed by atoms with E-state index in [9.17, 15) is 14.4 Å². The molecule has 0 aliphatic heterocycles. The first kappa shape index (κ1) is 71.3. The van der Waals surface area contributed by atoms with Crippen molar-refractivity contribution in [2.24, 2.45) is 0 Å². The van der Waals surface area contributed by atoms with Gasteiger partial charge in [0.05, 0.1) is 0 Å². The predicted molar refractivity (Wildman–Crippen MR) is 329 cm³/mol. The molecule has 0 heterocycles. The molecule has 0 N–H and O–H groups in total. The minimum atomic E-state index is -0.813. The Morgan fingerprint density at radius 1 is 0.276 bits per heavy atom. The molecule has 0 aliphatic carbocycles. The fourth-order valence-electron chi connectivity index (χ4n) is 8.00. The van der Waals surface area contributed by atoms with Gasteiger partial charge in [-0.05, 0) is 141 Å². The van der Waals surface area contributed by atoms with Crippen LogP contribution in [0.5, 0.6) is 0 Å². The van der Waals surface area contributed by atoms with Crippen LogP contribution in [0.25, 0.3) is 0 Å². The number of esters is 3. The van der Waals surface area contributed by atoms with Crippen LogP contribution in [0.15, 0.2) is 146 Å². The number of hydrogen-bond donors (Lipinski definition) is 0. The Labute approximate surface area is 467 Å². The third-order valence-electron chi connectivity index (χ3n) is 12.6. The van der Waals surface area contributed by atoms with Gasteiger partial charge in [0.1, 0.15) is 13.2 Å². The lowest BCUT2D eigenvalue weighted by atomic mass is 10.1. The zero-order valence-electron chi connectivity index (χ0n) is 49.0. The van der Waals surface area contributed by atoms with E-state index in [4.69, 9.17) is 14.2 Å². The summed E-state index contributed by atoms with van der Waals surface area (Å²) >= 11 is 0. The highest BCUT2D eigenvalue weighted by atomic mass is 16.6. The van der Waals surface area contributed by atoms with E-state index < -0.39 is 6.10 Å². The Kier molecular flexibility index (Phi) is 58.9. The van der Waals surface area contributed by atoms with Crippen LogP contribution < -0.4 is 0 Å². The summed E-state index contributed by atoms with van der Waals surface area (Å²) in [7, 11) is 0. The number of hydrogen-bond acceptors (Lipinski definition) is 6. The molecule has 0 fully saturated rings. The first-order valence-corrected chi connectivity index (χ1v) is 30.8. The second-order valence-corrected chi connectivity index (χ2v) is 19.8. The van der Waals surface area contributed by atoms with Crippen molar-refractivity contribution >= 4 is 17.9 Å². The molecule has 1 unspecified atom stereocenters. The number of unbranched alkanes of at least 4 members (excludes halogenated alkanes) is 19. The third-order valence-corrected chi connectivity index (χ3v) is 12.6. The highest BCUT2D eigenvalue weighted by molar-refractivity contribution is 5.71. The summed E-state index contributed by atoms with van der Waals surface area (Å²) < 4.78 is 16.9. The molecule has 0 aromatic carbocycles. The predicted octanol–water partition coefficient (Wildman–Crippen LogP) is 21.2. The molecule has 0 rings (SSSR count). The molecule has 0 radical (unpaired) electrons. The van der Waals surface area contributed by atoms with Gasteiger partial charge < -0.3 is 14.2 Å². The molecule has 76 heavy (non-hydrogen) atoms. The fourth-order valence-corrected chi connectivity index (χ4v) is 8.00. The molecule has 0 aliphatic rings. The summed E-state index contributed by atoms with van der Waals surface area (Å²) in [4.78, 5) is 38.3. The summed E-state index contributed by atoms with van der Waals surface area (Å²) in [5.41, 5.74) is 0. The average molecular weight is 1050 g/mol. The van der Waals surface area contributed by atoms with Crippen molar-refractivity contribution in [3.05, 3.63) is 146 Å². The Hall–Kier alpha value is -4.71. The van der Waals surface area contributed by atoms with Crippen LogP contribution in [0.1, 0.15) is 258 Å². The van der Waals surface area contributed by atoms with Gasteiger partial charge in [-0.25, -0.2) is 0 Å². The summed E-state index contributed by atoms with van der Waals surface area (Å²) in [6.45, 7) is 6.34. The summed E-state index contributed by atoms with van der Waals surface area (Å²) in [5, 5.41) is 0. The first-order chi connectivity index (χ1) is 37.5. The van der Waals surface area contributed by atoms with Gasteiger partial charge in [-0.3, -0.25) is 14.4 Å². The monoisotopic (exact) mass is 1050 g/mol. The fraction of sp³-hybridized carbons (Fsp3) is 0.614. The number of carbonyl (C=O) groups is 3. The lowest BCUT2D eigenvalue weighted by Gasteiger charge is -2.18. The average Bonchev–Trinajstić information content (AvgIpc) is 3.42. The standard InChI is InChI=1S/C70H112O6/c1-4-7-10-13-16-19-22-25-28-30-32-33-34-35-36-37-38-40-42-45-48-51-54-57-60-63-69(72)75-66-67(65-74-68(71)62-59-56-53-50-47-44-41-27-24-21-18-15-12-9-6-3)76-70(73)64-61-58-55-52-49-46-43-39-31-29-26-23-20-17-14-11-8-5-2/h7,9-10,12,16,18-21,23,25,27-29,31-33,35-36,38,40-41,47,50,67H,4-6,8,11,13-15,17,22,24,26,30,34,37,39,42-46,48-49,51-66H2,1-3H3/b10-7-,12-9-,19-16-,21-18-,23-20-,28-25-,31-29-,33-32-,36-35-,40-38-,41-27-,50-47-. The maximum absolute atomic E-state index is 12.9. The second kappa shape index (κ2) is 62.8. The van der Waals surface area contributed by atoms with Crippen LogP contribution in [0.2, 0.25) is 0 Å². The SMILES string of the molecule is CC/C=C\C/C=C\C/C=C\C/C=C\C/C=C\C/C=C\CCCCCCCCC(=O)OCC(COC(=O)CCCC/C=C\C/C=C\C/C=C\C/C=C\CC)OC(=O)CCCCCCCCC/C=C\C/C=C\CCCCCC. The molecule has 0 saturated carbocycles. The highest BCUT2D eigenvalue weighted by Gasteiger charge is 2.19. The number of allylic oxidation sites excluding steroid dienone is 24. The second-order valence-electron chi connectivity index (χ2n) is 19.8. The molecule has 0 aromatic rings. The number of ether oxygens (including phenoxy) is 3. The molecule has 1 atom stereocenters. The van der Waals surface area contributed by atoms with Gasteiger partial charge in [-0.15, -0.1) is 0 Å². The molecule has 6 heteroatoms. The molecule has 6 nitrogen and oxygen atoms in total. The van der Waals surface area contributed by atoms with Crippen LogP contribution in [0, 0.1) is 0 Å². The molecule has 0 saturated heterocycles. The van der Waals surface area contributed by atoms with E-state index in [0.717, 1.165) is 141 Å². The Morgan fingerprint density at radius 3 is 0.829 bits per heavy atom. The minimum absolute atomic E-state index is 0.108. The van der Waals surface area contributed by atoms with Gasteiger partial charge in [-0.1, -0.05) is 244 Å². The summed E-state index contributed by atoms with van der Waals surface area (Å²) in [6, 6.07) is 0. The van der Waals surface area contributed by atoms with Gasteiger partial charge >= 0.3 is 17.9 Å². The molecule has 0 bridgehead atoms. The highest BCUT2D eigenvalue weighted by Crippen LogP contribution is 2.14. The van der Waals surface area contributed by atoms with E-state index in [1.165, 1.54) is 70.6 Å². The first-order valence-electron chi connectivity index (χ1n) is 30.8. The lowest BCUT2D eigenvalue weighted by molar-refractivity contribution is -0.167. The smallest absolute Gasteiger partial charge is 0.306 e. The third kappa shape index (κ3) is 60.2. The molecular formula is C70H112O6. The maximum atomic E-state index is 12.9. The minimum Gasteiger partial charge on any atom is -0.462 e.